The summed E-state index contributed by atoms with van der Waals surface area (Å²) < 4.78 is 16.7. The summed E-state index contributed by atoms with van der Waals surface area (Å²) in [6.07, 6.45) is -7.18. The minimum absolute atomic E-state index is 0.153. The number of ketones is 1. The van der Waals surface area contributed by atoms with Gasteiger partial charge in [-0.2, -0.15) is 0 Å². The van der Waals surface area contributed by atoms with Crippen LogP contribution in [0.4, 0.5) is 0 Å². The van der Waals surface area contributed by atoms with E-state index >= 15 is 0 Å². The highest BCUT2D eigenvalue weighted by Gasteiger charge is 2.44. The van der Waals surface area contributed by atoms with E-state index in [0.29, 0.717) is 32.4 Å². The Kier molecular flexibility index (Phi) is 13.6. The van der Waals surface area contributed by atoms with E-state index in [-0.39, 0.29) is 12.4 Å². The van der Waals surface area contributed by atoms with Crippen LogP contribution in [0.5, 0.6) is 0 Å². The van der Waals surface area contributed by atoms with E-state index in [4.69, 9.17) is 14.2 Å². The van der Waals surface area contributed by atoms with E-state index in [9.17, 15) is 40.5 Å². The highest BCUT2D eigenvalue weighted by Crippen LogP contribution is 2.24. The molecule has 0 unspecified atom stereocenters. The Hall–Kier alpha value is -0.770. The molecule has 0 spiro atoms. The van der Waals surface area contributed by atoms with Crippen molar-refractivity contribution in [1.82, 2.24) is 4.90 Å². The van der Waals surface area contributed by atoms with Crippen LogP contribution in [-0.2, 0) is 19.0 Å². The fraction of sp³-hybridized carbons (Fsp3) is 0.958. The smallest absolute Gasteiger partial charge is 0.186 e. The van der Waals surface area contributed by atoms with Crippen molar-refractivity contribution in [3.63, 3.8) is 0 Å². The largest absolute Gasteiger partial charge is 0.394 e. The number of hydrogen-bond donors (Lipinski definition) is 7. The fourth-order valence-electron chi connectivity index (χ4n) is 4.62. The second-order valence-electron chi connectivity index (χ2n) is 9.92. The predicted octanol–water partition coefficient (Wildman–Crippen LogP) is -2.10. The molecule has 12 nitrogen and oxygen atoms in total. The second-order valence-corrected chi connectivity index (χ2v) is 9.92. The van der Waals surface area contributed by atoms with Gasteiger partial charge in [-0.3, -0.25) is 0 Å². The number of aliphatic hydroxyl groups excluding tert-OH is 7. The van der Waals surface area contributed by atoms with E-state index in [1.54, 1.807) is 13.8 Å². The van der Waals surface area contributed by atoms with Gasteiger partial charge in [-0.05, 0) is 52.6 Å². The van der Waals surface area contributed by atoms with Crippen molar-refractivity contribution in [1.29, 1.82) is 0 Å². The topological polar surface area (TPSA) is 190 Å². The molecule has 12 heteroatoms. The molecule has 2 heterocycles. The lowest BCUT2D eigenvalue weighted by molar-refractivity contribution is -0.301. The Morgan fingerprint density at radius 1 is 0.778 bits per heavy atom. The summed E-state index contributed by atoms with van der Waals surface area (Å²) in [5.41, 5.74) is 0. The van der Waals surface area contributed by atoms with Gasteiger partial charge in [0, 0.05) is 13.0 Å². The van der Waals surface area contributed by atoms with Gasteiger partial charge in [-0.15, -0.1) is 0 Å². The van der Waals surface area contributed by atoms with Crippen molar-refractivity contribution in [2.45, 2.75) is 114 Å². The molecule has 0 saturated carbocycles. The molecule has 0 aromatic rings. The first-order valence-corrected chi connectivity index (χ1v) is 12.9. The van der Waals surface area contributed by atoms with E-state index in [0.717, 1.165) is 25.8 Å². The zero-order chi connectivity index (χ0) is 26.8. The van der Waals surface area contributed by atoms with Crippen molar-refractivity contribution < 1.29 is 54.8 Å². The Morgan fingerprint density at radius 2 is 1.42 bits per heavy atom. The lowest BCUT2D eigenvalue weighted by Crippen LogP contribution is -2.59. The van der Waals surface area contributed by atoms with Crippen LogP contribution >= 0.6 is 0 Å². The first kappa shape index (κ1) is 31.4. The highest BCUT2D eigenvalue weighted by atomic mass is 16.7. The summed E-state index contributed by atoms with van der Waals surface area (Å²) in [4.78, 5) is 13.3. The normalized spacial score (nSPS) is 37.4. The lowest BCUT2D eigenvalue weighted by Gasteiger charge is -2.40. The summed E-state index contributed by atoms with van der Waals surface area (Å²) in [7, 11) is 0. The van der Waals surface area contributed by atoms with Crippen molar-refractivity contribution in [3.8, 4) is 0 Å². The zero-order valence-corrected chi connectivity index (χ0v) is 21.3. The number of hydrogen-bond acceptors (Lipinski definition) is 12. The molecule has 2 saturated heterocycles. The van der Waals surface area contributed by atoms with Gasteiger partial charge in [0.1, 0.15) is 48.5 Å². The molecule has 2 aliphatic heterocycles. The molecular weight excluding hydrogens is 478 g/mol. The maximum atomic E-state index is 11.2. The number of aliphatic hydroxyl groups is 7. The van der Waals surface area contributed by atoms with Gasteiger partial charge >= 0.3 is 0 Å². The molecule has 212 valence electrons. The molecule has 7 N–H and O–H groups in total. The standard InChI is InChI=1S/C24H45NO11/c1-14(27)7-4-3-5-9-25(10-6-8-16-19(29)21(31)18(28)15(2)35-16)11-12-34-24-23(33)22(32)20(30)17(13-26)36-24/h15-24,26,28-33H,3-13H2,1-2H3/t15-,16-,17+,18+,19+,20+,21+,22-,23+,24-/m0/s1. The molecule has 0 amide bonds. The van der Waals surface area contributed by atoms with E-state index in [2.05, 4.69) is 4.90 Å². The van der Waals surface area contributed by atoms with Crippen LogP contribution < -0.4 is 0 Å². The first-order chi connectivity index (χ1) is 17.1. The number of carbonyl (C=O) groups excluding carboxylic acids is 1. The zero-order valence-electron chi connectivity index (χ0n) is 21.3. The number of ether oxygens (including phenoxy) is 3. The number of carbonyl (C=O) groups is 1. The van der Waals surface area contributed by atoms with Crippen molar-refractivity contribution in [3.05, 3.63) is 0 Å². The van der Waals surface area contributed by atoms with Crippen molar-refractivity contribution in [2.75, 3.05) is 32.8 Å². The number of rotatable bonds is 15. The number of Topliss-reactive ketones (excluding diaryl/α,β-unsaturated/α-hetero) is 1. The molecular formula is C24H45NO11. The molecule has 2 aliphatic rings. The summed E-state index contributed by atoms with van der Waals surface area (Å²) in [6.45, 7) is 4.66. The van der Waals surface area contributed by atoms with Gasteiger partial charge in [0.2, 0.25) is 0 Å². The summed E-state index contributed by atoms with van der Waals surface area (Å²) in [6, 6.07) is 0. The molecule has 0 aromatic carbocycles. The number of nitrogens with zero attached hydrogens (tertiary/aromatic N) is 1. The van der Waals surface area contributed by atoms with Gasteiger partial charge in [-0.25, -0.2) is 0 Å². The third kappa shape index (κ3) is 9.21. The van der Waals surface area contributed by atoms with Gasteiger partial charge in [0.15, 0.2) is 6.29 Å². The molecule has 10 atom stereocenters. The van der Waals surface area contributed by atoms with Gasteiger partial charge in [0.25, 0.3) is 0 Å². The average Bonchev–Trinajstić information content (AvgIpc) is 2.84. The van der Waals surface area contributed by atoms with Crippen LogP contribution in [0.3, 0.4) is 0 Å². The molecule has 0 bridgehead atoms. The van der Waals surface area contributed by atoms with Crippen molar-refractivity contribution in [2.24, 2.45) is 0 Å². The van der Waals surface area contributed by atoms with Crippen LogP contribution in [0.1, 0.15) is 52.4 Å². The summed E-state index contributed by atoms with van der Waals surface area (Å²) >= 11 is 0. The molecule has 2 fully saturated rings. The molecule has 36 heavy (non-hydrogen) atoms. The monoisotopic (exact) mass is 523 g/mol. The third-order valence-corrected chi connectivity index (χ3v) is 6.96. The van der Waals surface area contributed by atoms with Gasteiger partial charge < -0.3 is 59.7 Å². The van der Waals surface area contributed by atoms with Gasteiger partial charge in [-0.1, -0.05) is 6.42 Å². The van der Waals surface area contributed by atoms with Gasteiger partial charge in [0.05, 0.1) is 25.4 Å². The molecule has 0 aromatic heterocycles. The first-order valence-electron chi connectivity index (χ1n) is 12.9. The third-order valence-electron chi connectivity index (χ3n) is 6.96. The minimum atomic E-state index is -1.50. The average molecular weight is 524 g/mol. The Labute approximate surface area is 212 Å². The van der Waals surface area contributed by atoms with Crippen molar-refractivity contribution >= 4 is 5.78 Å². The van der Waals surface area contributed by atoms with Crippen LogP contribution in [0.2, 0.25) is 0 Å². The Bertz CT molecular complexity index is 639. The molecule has 0 aliphatic carbocycles. The highest BCUT2D eigenvalue weighted by molar-refractivity contribution is 5.75. The van der Waals surface area contributed by atoms with Crippen LogP contribution in [0, 0.1) is 0 Å². The number of unbranched alkanes of at least 4 members (excludes halogenated alkanes) is 2. The summed E-state index contributed by atoms with van der Waals surface area (Å²) in [5, 5.41) is 69.4. The van der Waals surface area contributed by atoms with E-state index in [1.807, 2.05) is 0 Å². The Morgan fingerprint density at radius 3 is 2.08 bits per heavy atom. The fourth-order valence-corrected chi connectivity index (χ4v) is 4.62. The maximum Gasteiger partial charge on any atom is 0.186 e. The Balaban J connectivity index is 1.84. The van der Waals surface area contributed by atoms with E-state index < -0.39 is 67.8 Å². The lowest BCUT2D eigenvalue weighted by atomic mass is 9.93. The molecule has 2 rings (SSSR count). The minimum Gasteiger partial charge on any atom is -0.394 e. The van der Waals surface area contributed by atoms with Crippen LogP contribution in [-0.4, -0.2) is 141 Å². The predicted molar refractivity (Wildman–Crippen MR) is 127 cm³/mol. The second kappa shape index (κ2) is 15.6. The SMILES string of the molecule is CC(=O)CCCCCN(CCC[C@@H]1O[C@@H](C)[C@@H](O)[C@@H](O)[C@@H]1O)CCO[C@H]1O[C@H](CO)[C@@H](O)[C@H](O)[C@H]1O. The summed E-state index contributed by atoms with van der Waals surface area (Å²) in [5.74, 6) is 0.160. The van der Waals surface area contributed by atoms with Crippen LogP contribution in [0.25, 0.3) is 0 Å². The van der Waals surface area contributed by atoms with Crippen LogP contribution in [0.15, 0.2) is 0 Å². The maximum absolute atomic E-state index is 11.2. The van der Waals surface area contributed by atoms with E-state index in [1.165, 1.54) is 0 Å². The quantitative estimate of drug-likeness (QED) is 0.116. The molecule has 0 radical (unpaired) electrons.